The highest BCUT2D eigenvalue weighted by Crippen LogP contribution is 2.31. The summed E-state index contributed by atoms with van der Waals surface area (Å²) in [5.74, 6) is -3.57. The molecule has 0 unspecified atom stereocenters. The molecule has 0 aliphatic rings. The standard InChI is InChI=1S/C18H20F2N8O/c1-5-11-6-16(26-17(24-11)18(3,19)20)25-13-7-15(23-10(2)29)21-8-12(13)14-9-22-28(4)27-14/h6-9H,5H2,1-4H3,(H2,21,23,24,25,26,29). The zero-order chi connectivity index (χ0) is 21.2. The molecular weight excluding hydrogens is 382 g/mol. The smallest absolute Gasteiger partial charge is 0.303 e. The van der Waals surface area contributed by atoms with Crippen LogP contribution in [0.3, 0.4) is 0 Å². The van der Waals surface area contributed by atoms with E-state index in [-0.39, 0.29) is 11.7 Å². The quantitative estimate of drug-likeness (QED) is 0.652. The second-order valence-corrected chi connectivity index (χ2v) is 6.45. The van der Waals surface area contributed by atoms with E-state index in [1.54, 1.807) is 25.4 Å². The first kappa shape index (κ1) is 20.2. The third-order valence-corrected chi connectivity index (χ3v) is 3.88. The highest BCUT2D eigenvalue weighted by atomic mass is 19.3. The lowest BCUT2D eigenvalue weighted by atomic mass is 10.1. The lowest BCUT2D eigenvalue weighted by Crippen LogP contribution is -2.15. The van der Waals surface area contributed by atoms with Crippen molar-refractivity contribution in [3.05, 3.63) is 36.0 Å². The molecule has 3 rings (SSSR count). The van der Waals surface area contributed by atoms with Crippen molar-refractivity contribution in [1.29, 1.82) is 0 Å². The van der Waals surface area contributed by atoms with Gasteiger partial charge in [-0.25, -0.2) is 15.0 Å². The van der Waals surface area contributed by atoms with Crippen LogP contribution in [0.4, 0.5) is 26.1 Å². The van der Waals surface area contributed by atoms with Gasteiger partial charge < -0.3 is 10.6 Å². The average molecular weight is 402 g/mol. The summed E-state index contributed by atoms with van der Waals surface area (Å²) in [5.41, 5.74) is 2.02. The molecule has 2 N–H and O–H groups in total. The first-order valence-corrected chi connectivity index (χ1v) is 8.83. The topological polar surface area (TPSA) is 111 Å². The van der Waals surface area contributed by atoms with Gasteiger partial charge in [0.05, 0.1) is 11.9 Å². The maximum absolute atomic E-state index is 13.8. The summed E-state index contributed by atoms with van der Waals surface area (Å²) in [6.45, 7) is 3.92. The maximum atomic E-state index is 13.8. The molecule has 0 spiro atoms. The van der Waals surface area contributed by atoms with Crippen molar-refractivity contribution in [2.75, 3.05) is 10.6 Å². The van der Waals surface area contributed by atoms with E-state index in [9.17, 15) is 13.6 Å². The number of halogens is 2. The van der Waals surface area contributed by atoms with Gasteiger partial charge >= 0.3 is 5.92 Å². The van der Waals surface area contributed by atoms with Crippen molar-refractivity contribution >= 4 is 23.2 Å². The minimum Gasteiger partial charge on any atom is -0.339 e. The first-order valence-electron chi connectivity index (χ1n) is 8.83. The molecule has 0 saturated carbocycles. The van der Waals surface area contributed by atoms with Crippen molar-refractivity contribution in [2.45, 2.75) is 33.1 Å². The van der Waals surface area contributed by atoms with Crippen LogP contribution in [0.2, 0.25) is 0 Å². The Bertz CT molecular complexity index is 1040. The number of nitrogens with one attached hydrogen (secondary N) is 2. The number of alkyl halides is 2. The van der Waals surface area contributed by atoms with Crippen LogP contribution in [0.25, 0.3) is 11.3 Å². The van der Waals surface area contributed by atoms with Crippen LogP contribution in [0.1, 0.15) is 32.3 Å². The number of aromatic nitrogens is 6. The van der Waals surface area contributed by atoms with E-state index in [2.05, 4.69) is 35.8 Å². The lowest BCUT2D eigenvalue weighted by Gasteiger charge is -2.15. The molecule has 0 radical (unpaired) electrons. The van der Waals surface area contributed by atoms with Crippen molar-refractivity contribution in [2.24, 2.45) is 7.05 Å². The van der Waals surface area contributed by atoms with Crippen LogP contribution >= 0.6 is 0 Å². The SMILES string of the molecule is CCc1cc(Nc2cc(NC(C)=O)ncc2-c2cnn(C)n2)nc(C(C)(F)F)n1. The Labute approximate surface area is 165 Å². The Kier molecular flexibility index (Phi) is 5.48. The van der Waals surface area contributed by atoms with Crippen LogP contribution in [0.5, 0.6) is 0 Å². The molecular formula is C18H20F2N8O. The second kappa shape index (κ2) is 7.86. The van der Waals surface area contributed by atoms with E-state index in [1.807, 2.05) is 6.92 Å². The van der Waals surface area contributed by atoms with Crippen molar-refractivity contribution in [3.63, 3.8) is 0 Å². The summed E-state index contributed by atoms with van der Waals surface area (Å²) >= 11 is 0. The molecule has 0 fully saturated rings. The predicted molar refractivity (Wildman–Crippen MR) is 103 cm³/mol. The molecule has 9 nitrogen and oxygen atoms in total. The summed E-state index contributed by atoms with van der Waals surface area (Å²) in [6, 6.07) is 3.16. The van der Waals surface area contributed by atoms with Gasteiger partial charge in [-0.15, -0.1) is 0 Å². The van der Waals surface area contributed by atoms with Crippen LogP contribution in [0.15, 0.2) is 24.5 Å². The Hall–Kier alpha value is -3.50. The van der Waals surface area contributed by atoms with Gasteiger partial charge in [-0.05, 0) is 6.42 Å². The molecule has 152 valence electrons. The molecule has 3 heterocycles. The summed E-state index contributed by atoms with van der Waals surface area (Å²) < 4.78 is 27.6. The normalized spacial score (nSPS) is 11.4. The largest absolute Gasteiger partial charge is 0.339 e. The summed E-state index contributed by atoms with van der Waals surface area (Å²) in [5, 5.41) is 13.9. The van der Waals surface area contributed by atoms with Gasteiger partial charge in [0, 0.05) is 50.5 Å². The first-order chi connectivity index (χ1) is 13.7. The van der Waals surface area contributed by atoms with Gasteiger partial charge in [-0.2, -0.15) is 23.8 Å². The fourth-order valence-electron chi connectivity index (χ4n) is 2.56. The van der Waals surface area contributed by atoms with Crippen molar-refractivity contribution < 1.29 is 13.6 Å². The third-order valence-electron chi connectivity index (χ3n) is 3.88. The Morgan fingerprint density at radius 3 is 2.55 bits per heavy atom. The number of carbonyl (C=O) groups is 1. The maximum Gasteiger partial charge on any atom is 0.303 e. The highest BCUT2D eigenvalue weighted by molar-refractivity contribution is 5.89. The fourth-order valence-corrected chi connectivity index (χ4v) is 2.56. The Morgan fingerprint density at radius 2 is 1.97 bits per heavy atom. The second-order valence-electron chi connectivity index (χ2n) is 6.45. The minimum absolute atomic E-state index is 0.193. The van der Waals surface area contributed by atoms with Gasteiger partial charge in [-0.1, -0.05) is 6.92 Å². The van der Waals surface area contributed by atoms with E-state index in [4.69, 9.17) is 0 Å². The zero-order valence-corrected chi connectivity index (χ0v) is 16.4. The molecule has 29 heavy (non-hydrogen) atoms. The van der Waals surface area contributed by atoms with E-state index in [0.717, 1.165) is 6.92 Å². The summed E-state index contributed by atoms with van der Waals surface area (Å²) in [7, 11) is 1.67. The van der Waals surface area contributed by atoms with E-state index >= 15 is 0 Å². The number of pyridine rings is 1. The average Bonchev–Trinajstić information content (AvgIpc) is 3.06. The third kappa shape index (κ3) is 4.86. The molecule has 11 heteroatoms. The summed E-state index contributed by atoms with van der Waals surface area (Å²) in [4.78, 5) is 24.8. The molecule has 3 aromatic rings. The van der Waals surface area contributed by atoms with Crippen LogP contribution < -0.4 is 10.6 Å². The molecule has 0 aliphatic heterocycles. The number of carbonyl (C=O) groups excluding carboxylic acids is 1. The molecule has 3 aromatic heterocycles. The molecule has 1 amide bonds. The Morgan fingerprint density at radius 1 is 1.21 bits per heavy atom. The molecule has 0 atom stereocenters. The Balaban J connectivity index is 2.08. The number of anilines is 3. The number of aryl methyl sites for hydroxylation is 2. The zero-order valence-electron chi connectivity index (χ0n) is 16.4. The predicted octanol–water partition coefficient (Wildman–Crippen LogP) is 3.04. The van der Waals surface area contributed by atoms with Crippen LogP contribution in [0, 0.1) is 0 Å². The van der Waals surface area contributed by atoms with Crippen molar-refractivity contribution in [1.82, 2.24) is 29.9 Å². The number of hydrogen-bond acceptors (Lipinski definition) is 7. The lowest BCUT2D eigenvalue weighted by molar-refractivity contribution is -0.114. The molecule has 0 bridgehead atoms. The summed E-state index contributed by atoms with van der Waals surface area (Å²) in [6.07, 6.45) is 3.52. The van der Waals surface area contributed by atoms with E-state index in [1.165, 1.54) is 17.9 Å². The molecule has 0 aromatic carbocycles. The number of rotatable bonds is 6. The monoisotopic (exact) mass is 402 g/mol. The molecule has 0 saturated heterocycles. The van der Waals surface area contributed by atoms with Gasteiger partial charge in [0.25, 0.3) is 0 Å². The van der Waals surface area contributed by atoms with Gasteiger partial charge in [0.2, 0.25) is 11.7 Å². The van der Waals surface area contributed by atoms with Gasteiger partial charge in [0.15, 0.2) is 0 Å². The number of hydrogen-bond donors (Lipinski definition) is 2. The number of amides is 1. The fraction of sp³-hybridized carbons (Fsp3) is 0.333. The van der Waals surface area contributed by atoms with Crippen LogP contribution in [-0.4, -0.2) is 35.9 Å². The highest BCUT2D eigenvalue weighted by Gasteiger charge is 2.29. The molecule has 0 aliphatic carbocycles. The van der Waals surface area contributed by atoms with Gasteiger partial charge in [-0.3, -0.25) is 4.79 Å². The van der Waals surface area contributed by atoms with E-state index < -0.39 is 11.7 Å². The van der Waals surface area contributed by atoms with E-state index in [0.29, 0.717) is 34.9 Å². The minimum atomic E-state index is -3.19. The van der Waals surface area contributed by atoms with Crippen molar-refractivity contribution in [3.8, 4) is 11.3 Å². The van der Waals surface area contributed by atoms with Gasteiger partial charge in [0.1, 0.15) is 17.3 Å². The number of nitrogens with zero attached hydrogens (tertiary/aromatic N) is 6. The van der Waals surface area contributed by atoms with Crippen LogP contribution in [-0.2, 0) is 24.2 Å².